The van der Waals surface area contributed by atoms with Gasteiger partial charge in [-0.15, -0.1) is 0 Å². The largest absolute Gasteiger partial charge is 0.352 e. The maximum Gasteiger partial charge on any atom is 0.254 e. The van der Waals surface area contributed by atoms with Crippen LogP contribution in [0.1, 0.15) is 92.3 Å². The fraction of sp³-hybridized carbons (Fsp3) is 0.333. The number of carbonyl (C=O) groups is 6. The molecule has 4 saturated carbocycles. The van der Waals surface area contributed by atoms with Crippen LogP contribution in [0.15, 0.2) is 158 Å². The number of nitrogens with zero attached hydrogens (tertiary/aromatic N) is 2. The molecule has 0 spiro atoms. The highest BCUT2D eigenvalue weighted by atomic mass is 16.2. The summed E-state index contributed by atoms with van der Waals surface area (Å²) < 4.78 is 0. The van der Waals surface area contributed by atoms with Gasteiger partial charge in [-0.1, -0.05) is 146 Å². The van der Waals surface area contributed by atoms with Crippen LogP contribution >= 0.6 is 0 Å². The summed E-state index contributed by atoms with van der Waals surface area (Å²) in [4.78, 5) is 89.6. The van der Waals surface area contributed by atoms with E-state index < -0.39 is 23.7 Å². The van der Waals surface area contributed by atoms with Gasteiger partial charge >= 0.3 is 0 Å². The van der Waals surface area contributed by atoms with E-state index in [2.05, 4.69) is 69.8 Å². The molecule has 72 heavy (non-hydrogen) atoms. The second kappa shape index (κ2) is 18.9. The molecular weight excluding hydrogens is 901 g/mol. The summed E-state index contributed by atoms with van der Waals surface area (Å²) in [6.45, 7) is 0.253. The van der Waals surface area contributed by atoms with E-state index in [-0.39, 0.29) is 109 Å². The predicted octanol–water partition coefficient (Wildman–Crippen LogP) is 6.91. The van der Waals surface area contributed by atoms with Gasteiger partial charge in [0.1, 0.15) is 0 Å². The smallest absolute Gasteiger partial charge is 0.254 e. The Morgan fingerprint density at radius 1 is 0.319 bits per heavy atom. The molecule has 12 heteroatoms. The average Bonchev–Trinajstić information content (AvgIpc) is 4.35. The molecule has 12 atom stereocenters. The molecule has 2 heterocycles. The lowest BCUT2D eigenvalue weighted by Gasteiger charge is -2.21. The van der Waals surface area contributed by atoms with E-state index in [1.54, 1.807) is 21.9 Å². The fourth-order valence-electron chi connectivity index (χ4n) is 11.9. The van der Waals surface area contributed by atoms with Crippen molar-refractivity contribution in [3.8, 4) is 0 Å². The van der Waals surface area contributed by atoms with Crippen molar-refractivity contribution in [3.05, 3.63) is 191 Å². The minimum Gasteiger partial charge on any atom is -0.352 e. The van der Waals surface area contributed by atoms with Crippen molar-refractivity contribution in [3.63, 3.8) is 0 Å². The lowest BCUT2D eigenvalue weighted by Crippen LogP contribution is -2.43. The molecule has 4 aliphatic carbocycles. The van der Waals surface area contributed by atoms with Gasteiger partial charge in [0.05, 0.1) is 23.7 Å². The second-order valence-electron chi connectivity index (χ2n) is 21.0. The number of nitrogens with one attached hydrogen (secondary N) is 4. The first-order chi connectivity index (χ1) is 35.2. The van der Waals surface area contributed by atoms with Crippen LogP contribution < -0.4 is 21.3 Å². The third kappa shape index (κ3) is 9.14. The Kier molecular flexibility index (Phi) is 11.9. The standard InChI is InChI=1S/C60H58N6O6/c67-55(61-51-27-43(51)35-15-5-1-6-16-35)47-31-65(32-48(47)56(68)62-52-28-44(52)36-17-7-2-8-18-36)59(71)41-25-26-42(40-24-14-13-23-39(40)41)60(72)66-33-49(57(69)63-53-29-45(53)37-19-9-3-10-20-37)50(34-66)58(70)64-54-30-46(54)38-21-11-4-12-22-38/h1-26,43-54H,27-34H2,(H,61,67)(H,62,68)(H,63,69)(H,64,70)/t43-,44-,45-,46-,47-,48-,49-,50-,51+,52+,53+,54+/m1/s1. The van der Waals surface area contributed by atoms with Crippen LogP contribution in [0.5, 0.6) is 0 Å². The number of carbonyl (C=O) groups excluding carboxylic acids is 6. The van der Waals surface area contributed by atoms with Gasteiger partial charge in [0.25, 0.3) is 11.8 Å². The van der Waals surface area contributed by atoms with Crippen molar-refractivity contribution >= 4 is 46.2 Å². The molecule has 4 N–H and O–H groups in total. The van der Waals surface area contributed by atoms with E-state index in [0.717, 1.165) is 47.9 Å². The van der Waals surface area contributed by atoms with Gasteiger partial charge in [-0.25, -0.2) is 0 Å². The quantitative estimate of drug-likeness (QED) is 0.0931. The molecule has 364 valence electrons. The van der Waals surface area contributed by atoms with Crippen LogP contribution in [0.4, 0.5) is 0 Å². The van der Waals surface area contributed by atoms with Crippen molar-refractivity contribution in [2.45, 2.75) is 73.5 Å². The zero-order valence-electron chi connectivity index (χ0n) is 39.9. The maximum absolute atomic E-state index is 14.8. The normalized spacial score (nSPS) is 28.7. The van der Waals surface area contributed by atoms with Gasteiger partial charge in [-0.05, 0) is 70.8 Å². The number of likely N-dealkylation sites (tertiary alicyclic amines) is 2. The molecule has 0 aromatic heterocycles. The first-order valence-electron chi connectivity index (χ1n) is 25.7. The molecule has 2 aliphatic heterocycles. The predicted molar refractivity (Wildman–Crippen MR) is 273 cm³/mol. The van der Waals surface area contributed by atoms with E-state index in [1.807, 2.05) is 97.1 Å². The highest BCUT2D eigenvalue weighted by Gasteiger charge is 2.51. The SMILES string of the molecule is O=C(N[C@H]1C[C@@H]1c1ccccc1)[C@@H]1CN(C(=O)c2ccc(C(=O)N3C[C@@H](C(=O)N[C@H]4C[C@@H]4c4ccccc4)[C@H](C(=O)N[C@H]4C[C@@H]4c4ccccc4)C3)c3ccccc23)C[C@H]1C(=O)N[C@H]1C[C@@H]1c1ccccc1. The topological polar surface area (TPSA) is 157 Å². The van der Waals surface area contributed by atoms with Crippen molar-refractivity contribution in [1.29, 1.82) is 0 Å². The van der Waals surface area contributed by atoms with Crippen LogP contribution in [-0.4, -0.2) is 95.6 Å². The van der Waals surface area contributed by atoms with E-state index in [0.29, 0.717) is 21.9 Å². The number of amides is 6. The van der Waals surface area contributed by atoms with E-state index in [9.17, 15) is 28.8 Å². The molecular formula is C60H58N6O6. The lowest BCUT2D eigenvalue weighted by molar-refractivity contribution is -0.133. The molecule has 6 aromatic rings. The van der Waals surface area contributed by atoms with Crippen LogP contribution in [0, 0.1) is 23.7 Å². The van der Waals surface area contributed by atoms with Crippen LogP contribution in [0.2, 0.25) is 0 Å². The maximum atomic E-state index is 14.8. The third-order valence-corrected chi connectivity index (χ3v) is 16.3. The van der Waals surface area contributed by atoms with Gasteiger partial charge < -0.3 is 31.1 Å². The summed E-state index contributed by atoms with van der Waals surface area (Å²) in [7, 11) is 0. The first kappa shape index (κ1) is 45.5. The minimum atomic E-state index is -0.759. The molecule has 12 rings (SSSR count). The van der Waals surface area contributed by atoms with Gasteiger partial charge in [-0.3, -0.25) is 28.8 Å². The zero-order valence-corrected chi connectivity index (χ0v) is 39.9. The number of hydrogen-bond acceptors (Lipinski definition) is 6. The average molecular weight is 959 g/mol. The van der Waals surface area contributed by atoms with Crippen molar-refractivity contribution < 1.29 is 28.8 Å². The number of rotatable bonds is 14. The van der Waals surface area contributed by atoms with Crippen molar-refractivity contribution in [1.82, 2.24) is 31.1 Å². The Bertz CT molecular complexity index is 2710. The van der Waals surface area contributed by atoms with Crippen molar-refractivity contribution in [2.24, 2.45) is 23.7 Å². The summed E-state index contributed by atoms with van der Waals surface area (Å²) in [6, 6.07) is 50.7. The van der Waals surface area contributed by atoms with Crippen molar-refractivity contribution in [2.75, 3.05) is 26.2 Å². The van der Waals surface area contributed by atoms with E-state index in [4.69, 9.17) is 0 Å². The Morgan fingerprint density at radius 2 is 0.556 bits per heavy atom. The summed E-state index contributed by atoms with van der Waals surface area (Å²) in [6.07, 6.45) is 3.24. The Balaban J connectivity index is 0.769. The third-order valence-electron chi connectivity index (χ3n) is 16.3. The summed E-state index contributed by atoms with van der Waals surface area (Å²) in [5, 5.41) is 14.0. The molecule has 6 aromatic carbocycles. The highest BCUT2D eigenvalue weighted by Crippen LogP contribution is 2.45. The molecule has 0 radical (unpaired) electrons. The van der Waals surface area contributed by atoms with Crippen LogP contribution in [0.3, 0.4) is 0 Å². The lowest BCUT2D eigenvalue weighted by atomic mass is 9.94. The van der Waals surface area contributed by atoms with E-state index in [1.165, 1.54) is 0 Å². The molecule has 2 saturated heterocycles. The zero-order chi connectivity index (χ0) is 49.0. The molecule has 0 unspecified atom stereocenters. The Hall–Kier alpha value is -7.60. The molecule has 0 bridgehead atoms. The number of benzene rings is 6. The van der Waals surface area contributed by atoms with Gasteiger partial charge in [-0.2, -0.15) is 0 Å². The molecule has 12 nitrogen and oxygen atoms in total. The van der Waals surface area contributed by atoms with Gasteiger partial charge in [0.2, 0.25) is 23.6 Å². The number of fused-ring (bicyclic) bond motifs is 1. The Morgan fingerprint density at radius 3 is 0.806 bits per heavy atom. The Labute approximate surface area is 418 Å². The first-order valence-corrected chi connectivity index (χ1v) is 25.7. The van der Waals surface area contributed by atoms with Gasteiger partial charge in [0, 0.05) is 85.1 Å². The second-order valence-corrected chi connectivity index (χ2v) is 21.0. The van der Waals surface area contributed by atoms with Crippen LogP contribution in [0.25, 0.3) is 10.8 Å². The molecule has 6 fully saturated rings. The number of hydrogen-bond donors (Lipinski definition) is 4. The van der Waals surface area contributed by atoms with E-state index >= 15 is 0 Å². The summed E-state index contributed by atoms with van der Waals surface area (Å²) in [5.41, 5.74) is 5.34. The summed E-state index contributed by atoms with van der Waals surface area (Å²) >= 11 is 0. The summed E-state index contributed by atoms with van der Waals surface area (Å²) in [5.74, 6) is -3.85. The molecule has 6 amide bonds. The van der Waals surface area contributed by atoms with Gasteiger partial charge in [0.15, 0.2) is 0 Å². The monoisotopic (exact) mass is 958 g/mol. The molecule has 6 aliphatic rings. The fourth-order valence-corrected chi connectivity index (χ4v) is 11.9. The highest BCUT2D eigenvalue weighted by molar-refractivity contribution is 6.14. The minimum absolute atomic E-state index is 0.0476. The van der Waals surface area contributed by atoms with Crippen LogP contribution in [-0.2, 0) is 19.2 Å².